The molecule has 0 fully saturated rings. The van der Waals surface area contributed by atoms with Crippen molar-refractivity contribution in [3.8, 4) is 0 Å². The molecule has 1 unspecified atom stereocenters. The summed E-state index contributed by atoms with van der Waals surface area (Å²) in [5.74, 6) is -1.76. The molecule has 1 atom stereocenters. The summed E-state index contributed by atoms with van der Waals surface area (Å²) < 4.78 is 67.1. The number of carbonyl (C=O) groups excluding carboxylic acids is 2. The first kappa shape index (κ1) is 29.2. The van der Waals surface area contributed by atoms with E-state index in [2.05, 4.69) is 15.4 Å². The Morgan fingerprint density at radius 1 is 1.00 bits per heavy atom. The van der Waals surface area contributed by atoms with Gasteiger partial charge in [-0.05, 0) is 48.6 Å². The number of benzene rings is 2. The molecule has 0 saturated heterocycles. The number of sulfonamides is 1. The molecule has 2 amide bonds. The van der Waals surface area contributed by atoms with Gasteiger partial charge in [-0.15, -0.1) is 11.3 Å². The number of carbonyl (C=O) groups is 2. The lowest BCUT2D eigenvalue weighted by Gasteiger charge is -2.19. The molecule has 3 rings (SSSR count). The second kappa shape index (κ2) is 12.4. The van der Waals surface area contributed by atoms with Crippen LogP contribution < -0.4 is 15.4 Å². The zero-order valence-corrected chi connectivity index (χ0v) is 22.2. The van der Waals surface area contributed by atoms with Crippen LogP contribution in [0, 0.1) is 0 Å². The molecule has 1 heterocycles. The zero-order valence-electron chi connectivity index (χ0n) is 19.1. The van der Waals surface area contributed by atoms with Gasteiger partial charge in [0.2, 0.25) is 15.9 Å². The van der Waals surface area contributed by atoms with Crippen molar-refractivity contribution in [3.63, 3.8) is 0 Å². The molecule has 3 N–H and O–H groups in total. The summed E-state index contributed by atoms with van der Waals surface area (Å²) in [4.78, 5) is 25.0. The molecule has 0 aliphatic carbocycles. The summed E-state index contributed by atoms with van der Waals surface area (Å²) in [7, 11) is -3.89. The number of unbranched alkanes of at least 4 members (excludes halogenated alkanes) is 1. The second-order valence-corrected chi connectivity index (χ2v) is 11.6. The first-order valence-electron chi connectivity index (χ1n) is 10.9. The summed E-state index contributed by atoms with van der Waals surface area (Å²) in [5, 5.41) is 5.55. The van der Waals surface area contributed by atoms with Crippen LogP contribution in [0.5, 0.6) is 0 Å². The molecule has 3 aromatic rings. The van der Waals surface area contributed by atoms with Crippen LogP contribution in [0.25, 0.3) is 10.1 Å². The lowest BCUT2D eigenvalue weighted by Crippen LogP contribution is -2.49. The second-order valence-electron chi connectivity index (χ2n) is 7.96. The van der Waals surface area contributed by atoms with Crippen molar-refractivity contribution < 1.29 is 31.2 Å². The third kappa shape index (κ3) is 8.57. The van der Waals surface area contributed by atoms with Gasteiger partial charge >= 0.3 is 6.18 Å². The number of amides is 2. The third-order valence-corrected chi connectivity index (χ3v) is 8.38. The van der Waals surface area contributed by atoms with Gasteiger partial charge in [0.25, 0.3) is 5.91 Å². The molecule has 0 aliphatic heterocycles. The number of thiophene rings is 1. The molecule has 2 aromatic carbocycles. The van der Waals surface area contributed by atoms with E-state index in [0.717, 1.165) is 21.4 Å². The molecule has 7 nitrogen and oxygen atoms in total. The average molecular weight is 596 g/mol. The summed E-state index contributed by atoms with van der Waals surface area (Å²) in [6.45, 7) is -0.0127. The van der Waals surface area contributed by atoms with E-state index >= 15 is 0 Å². The molecule has 200 valence electrons. The Balaban J connectivity index is 1.50. The predicted octanol–water partition coefficient (Wildman–Crippen LogP) is 5.13. The number of rotatable bonds is 11. The van der Waals surface area contributed by atoms with Crippen molar-refractivity contribution in [3.05, 3.63) is 63.5 Å². The molecule has 37 heavy (non-hydrogen) atoms. The quantitative estimate of drug-likeness (QED) is 0.267. The molecule has 0 bridgehead atoms. The fraction of sp³-hybridized carbons (Fsp3) is 0.304. The Morgan fingerprint density at radius 3 is 2.38 bits per heavy atom. The van der Waals surface area contributed by atoms with Gasteiger partial charge in [0, 0.05) is 22.8 Å². The van der Waals surface area contributed by atoms with Crippen LogP contribution in [0.4, 0.5) is 13.2 Å². The normalized spacial score (nSPS) is 12.9. The summed E-state index contributed by atoms with van der Waals surface area (Å²) >= 11 is 12.8. The third-order valence-electron chi connectivity index (χ3n) is 5.09. The van der Waals surface area contributed by atoms with Crippen molar-refractivity contribution in [1.29, 1.82) is 0 Å². The minimum atomic E-state index is -4.68. The number of nitrogens with one attached hydrogen (secondary N) is 3. The van der Waals surface area contributed by atoms with Crippen LogP contribution in [0.3, 0.4) is 0 Å². The molecular weight excluding hydrogens is 574 g/mol. The Bertz CT molecular complexity index is 1350. The van der Waals surface area contributed by atoms with E-state index in [4.69, 9.17) is 23.2 Å². The molecule has 0 saturated carbocycles. The SMILES string of the molecule is O=C(NC(CC(F)(F)F)C(=O)NCCCCNS(=O)(=O)c1ccc(Cl)cc1Cl)c1cc2ccccc2s1. The van der Waals surface area contributed by atoms with Gasteiger partial charge in [0.05, 0.1) is 16.3 Å². The van der Waals surface area contributed by atoms with Crippen LogP contribution in [-0.4, -0.2) is 45.5 Å². The van der Waals surface area contributed by atoms with Crippen LogP contribution in [-0.2, 0) is 14.8 Å². The van der Waals surface area contributed by atoms with Crippen LogP contribution in [0.1, 0.15) is 28.9 Å². The van der Waals surface area contributed by atoms with E-state index in [1.54, 1.807) is 30.3 Å². The lowest BCUT2D eigenvalue weighted by atomic mass is 10.1. The summed E-state index contributed by atoms with van der Waals surface area (Å²) in [5.41, 5.74) is 0. The molecule has 14 heteroatoms. The number of halogens is 5. The smallest absolute Gasteiger partial charge is 0.354 e. The van der Waals surface area contributed by atoms with Crippen LogP contribution >= 0.6 is 34.5 Å². The van der Waals surface area contributed by atoms with Crippen molar-refractivity contribution >= 4 is 66.5 Å². The van der Waals surface area contributed by atoms with E-state index in [-0.39, 0.29) is 45.7 Å². The van der Waals surface area contributed by atoms with Gasteiger partial charge in [-0.2, -0.15) is 13.2 Å². The first-order chi connectivity index (χ1) is 17.4. The van der Waals surface area contributed by atoms with E-state index in [1.807, 2.05) is 0 Å². The van der Waals surface area contributed by atoms with Gasteiger partial charge in [0.1, 0.15) is 10.9 Å². The van der Waals surface area contributed by atoms with Gasteiger partial charge < -0.3 is 10.6 Å². The van der Waals surface area contributed by atoms with Crippen LogP contribution in [0.2, 0.25) is 10.0 Å². The average Bonchev–Trinajstić information content (AvgIpc) is 3.24. The van der Waals surface area contributed by atoms with E-state index in [1.165, 1.54) is 18.2 Å². The highest BCUT2D eigenvalue weighted by molar-refractivity contribution is 7.89. The Labute approximate surface area is 225 Å². The minimum absolute atomic E-state index is 0.00577. The minimum Gasteiger partial charge on any atom is -0.354 e. The van der Waals surface area contributed by atoms with Crippen LogP contribution in [0.15, 0.2) is 53.4 Å². The maximum absolute atomic E-state index is 13.1. The molecule has 0 radical (unpaired) electrons. The van der Waals surface area contributed by atoms with Crippen molar-refractivity contribution in [1.82, 2.24) is 15.4 Å². The Morgan fingerprint density at radius 2 is 1.70 bits per heavy atom. The fourth-order valence-electron chi connectivity index (χ4n) is 3.33. The predicted molar refractivity (Wildman–Crippen MR) is 138 cm³/mol. The Hall–Kier alpha value is -2.38. The maximum Gasteiger partial charge on any atom is 0.391 e. The number of fused-ring (bicyclic) bond motifs is 1. The van der Waals surface area contributed by atoms with Gasteiger partial charge in [-0.25, -0.2) is 13.1 Å². The molecule has 0 spiro atoms. The van der Waals surface area contributed by atoms with Gasteiger partial charge in [-0.1, -0.05) is 41.4 Å². The standard InChI is InChI=1S/C23H22Cl2F3N3O4S2/c24-15-7-8-20(16(25)12-15)37(34,35)30-10-4-3-9-29-21(32)17(13-23(26,27)28)31-22(33)19-11-14-5-1-2-6-18(14)36-19/h1-2,5-8,11-12,17,30H,3-4,9-10,13H2,(H,29,32)(H,31,33). The molecular formula is C23H22Cl2F3N3O4S2. The fourth-order valence-corrected chi connectivity index (χ4v) is 6.14. The monoisotopic (exact) mass is 595 g/mol. The van der Waals surface area contributed by atoms with Gasteiger partial charge in [0.15, 0.2) is 0 Å². The van der Waals surface area contributed by atoms with E-state index in [0.29, 0.717) is 0 Å². The lowest BCUT2D eigenvalue weighted by molar-refractivity contribution is -0.148. The highest BCUT2D eigenvalue weighted by atomic mass is 35.5. The van der Waals surface area contributed by atoms with E-state index < -0.39 is 40.5 Å². The first-order valence-corrected chi connectivity index (χ1v) is 14.0. The van der Waals surface area contributed by atoms with Gasteiger partial charge in [-0.3, -0.25) is 9.59 Å². The van der Waals surface area contributed by atoms with E-state index in [9.17, 15) is 31.2 Å². The summed E-state index contributed by atoms with van der Waals surface area (Å²) in [6.07, 6.45) is -5.66. The largest absolute Gasteiger partial charge is 0.391 e. The zero-order chi connectivity index (χ0) is 27.2. The summed E-state index contributed by atoms with van der Waals surface area (Å²) in [6, 6.07) is 10.8. The number of alkyl halides is 3. The molecule has 0 aliphatic rings. The molecule has 1 aromatic heterocycles. The van der Waals surface area contributed by atoms with Crippen molar-refractivity contribution in [2.24, 2.45) is 0 Å². The number of hydrogen-bond acceptors (Lipinski definition) is 5. The topological polar surface area (TPSA) is 104 Å². The maximum atomic E-state index is 13.1. The highest BCUT2D eigenvalue weighted by Crippen LogP contribution is 2.27. The van der Waals surface area contributed by atoms with Crippen molar-refractivity contribution in [2.45, 2.75) is 36.4 Å². The Kier molecular flexibility index (Phi) is 9.81. The highest BCUT2D eigenvalue weighted by Gasteiger charge is 2.36. The van der Waals surface area contributed by atoms with Crippen molar-refractivity contribution in [2.75, 3.05) is 13.1 Å². The number of hydrogen-bond donors (Lipinski definition) is 3.